The van der Waals surface area contributed by atoms with E-state index in [-0.39, 0.29) is 37.5 Å². The fraction of sp³-hybridized carbons (Fsp3) is 0.600. The summed E-state index contributed by atoms with van der Waals surface area (Å²) in [6.45, 7) is 2.81. The molecule has 0 aliphatic rings. The Morgan fingerprint density at radius 3 is 1.38 bits per heavy atom. The third-order valence-electron chi connectivity index (χ3n) is 0.498. The molecule has 0 aromatic carbocycles. The molecule has 8 heavy (non-hydrogen) atoms. The van der Waals surface area contributed by atoms with Crippen molar-refractivity contribution in [3.05, 3.63) is 0 Å². The maximum absolute atomic E-state index is 10.0. The Bertz CT molecular complexity index is 86.6. The van der Waals surface area contributed by atoms with Gasteiger partial charge in [0, 0.05) is 0 Å². The van der Waals surface area contributed by atoms with Gasteiger partial charge in [0.05, 0.1) is 6.42 Å². The van der Waals surface area contributed by atoms with Gasteiger partial charge in [0.15, 0.2) is 0 Å². The van der Waals surface area contributed by atoms with Crippen molar-refractivity contribution in [3.8, 4) is 0 Å². The van der Waals surface area contributed by atoms with Crippen molar-refractivity contribution in [2.24, 2.45) is 0 Å². The van der Waals surface area contributed by atoms with Gasteiger partial charge in [0.1, 0.15) is 11.6 Å². The van der Waals surface area contributed by atoms with Crippen LogP contribution in [0.4, 0.5) is 0 Å². The van der Waals surface area contributed by atoms with Crippen LogP contribution in [0, 0.1) is 0 Å². The van der Waals surface area contributed by atoms with Crippen LogP contribution >= 0.6 is 0 Å². The first-order valence-electron chi connectivity index (χ1n) is 2.12. The molecule has 0 fully saturated rings. The molecule has 0 radical (unpaired) electrons. The van der Waals surface area contributed by atoms with Gasteiger partial charge >= 0.3 is 19.5 Å². The normalized spacial score (nSPS) is 7.25. The molecule has 0 heterocycles. The quantitative estimate of drug-likeness (QED) is 0.485. The fourth-order valence-electron chi connectivity index (χ4n) is 0.351. The van der Waals surface area contributed by atoms with E-state index >= 15 is 0 Å². The molecule has 0 aliphatic carbocycles. The van der Waals surface area contributed by atoms with E-state index in [1.54, 1.807) is 0 Å². The number of carbonyl (C=O) groups is 2. The Morgan fingerprint density at radius 1 is 1.12 bits per heavy atom. The molecule has 48 valence electrons. The van der Waals surface area contributed by atoms with Crippen molar-refractivity contribution in [1.82, 2.24) is 0 Å². The smallest absolute Gasteiger partial charge is 0.300 e. The first-order chi connectivity index (χ1) is 3.13. The molecule has 0 rings (SSSR count). The van der Waals surface area contributed by atoms with E-state index in [2.05, 4.69) is 0 Å². The maximum Gasteiger partial charge on any atom is 1.00 e. The molecule has 0 aromatic rings. The van der Waals surface area contributed by atoms with Gasteiger partial charge in [-0.1, -0.05) is 0 Å². The summed E-state index contributed by atoms with van der Waals surface area (Å²) in [6, 6.07) is 0. The Labute approximate surface area is 61.4 Å². The molecule has 0 N–H and O–H groups in total. The van der Waals surface area contributed by atoms with Gasteiger partial charge in [-0.3, -0.25) is 9.59 Å². The summed E-state index contributed by atoms with van der Waals surface area (Å²) in [6.07, 6.45) is 0.0833. The molecule has 0 saturated heterocycles. The van der Waals surface area contributed by atoms with Crippen LogP contribution in [0.5, 0.6) is 0 Å². The predicted molar refractivity (Wildman–Crippen MR) is 26.0 cm³/mol. The monoisotopic (exact) mass is 203 g/mol. The molecule has 3 heteroatoms. The van der Waals surface area contributed by atoms with Gasteiger partial charge < -0.3 is 0 Å². The fourth-order valence-corrected chi connectivity index (χ4v) is 0.351. The zero-order valence-corrected chi connectivity index (χ0v) is 6.50. The number of ketones is 2. The molecule has 2 nitrogen and oxygen atoms in total. The van der Waals surface area contributed by atoms with E-state index < -0.39 is 0 Å². The number of hydrogen-bond acceptors (Lipinski definition) is 2. The van der Waals surface area contributed by atoms with E-state index in [4.69, 9.17) is 0 Å². The van der Waals surface area contributed by atoms with Gasteiger partial charge in [0.2, 0.25) is 0 Å². The van der Waals surface area contributed by atoms with Crippen LogP contribution in [0.15, 0.2) is 0 Å². The van der Waals surface area contributed by atoms with Crippen molar-refractivity contribution in [3.63, 3.8) is 0 Å². The largest absolute Gasteiger partial charge is 1.00 e. The molecule has 0 amide bonds. The first kappa shape index (κ1) is 10.9. The molecule has 0 aliphatic heterocycles. The molecular weight excluding hydrogens is 195 g/mol. The van der Waals surface area contributed by atoms with Crippen LogP contribution in [-0.4, -0.2) is 11.6 Å². The number of rotatable bonds is 2. The molecule has 0 bridgehead atoms. The topological polar surface area (TPSA) is 34.1 Å². The maximum atomic E-state index is 10.0. The summed E-state index contributed by atoms with van der Waals surface area (Å²) >= 11 is 0. The molecule has 0 saturated carbocycles. The van der Waals surface area contributed by atoms with Crippen molar-refractivity contribution < 1.29 is 29.1 Å². The number of carbonyl (C=O) groups excluding carboxylic acids is 2. The van der Waals surface area contributed by atoms with Crippen LogP contribution in [0.1, 0.15) is 20.3 Å². The molecule has 0 aromatic heterocycles. The van der Waals surface area contributed by atoms with E-state index in [1.165, 1.54) is 13.8 Å². The van der Waals surface area contributed by atoms with Crippen molar-refractivity contribution in [2.45, 2.75) is 20.3 Å². The van der Waals surface area contributed by atoms with Gasteiger partial charge in [-0.25, -0.2) is 0 Å². The first-order valence-corrected chi connectivity index (χ1v) is 2.12. The van der Waals surface area contributed by atoms with E-state index in [0.29, 0.717) is 0 Å². The second-order valence-corrected chi connectivity index (χ2v) is 1.58. The Morgan fingerprint density at radius 2 is 1.38 bits per heavy atom. The van der Waals surface area contributed by atoms with Crippen LogP contribution in [0.3, 0.4) is 0 Å². The second kappa shape index (κ2) is 5.11. The van der Waals surface area contributed by atoms with Crippen LogP contribution in [0.2, 0.25) is 0 Å². The van der Waals surface area contributed by atoms with Crippen LogP contribution in [0.25, 0.3) is 0 Å². The second-order valence-electron chi connectivity index (χ2n) is 1.58. The van der Waals surface area contributed by atoms with Gasteiger partial charge in [-0.05, 0) is 13.8 Å². The Kier molecular flexibility index (Phi) is 6.93. The summed E-state index contributed by atoms with van der Waals surface area (Å²) in [5, 5.41) is 0. The summed E-state index contributed by atoms with van der Waals surface area (Å²) in [4.78, 5) is 20.1. The van der Waals surface area contributed by atoms with Crippen molar-refractivity contribution >= 4 is 11.6 Å². The van der Waals surface area contributed by atoms with Crippen LogP contribution in [-0.2, 0) is 29.1 Å². The summed E-state index contributed by atoms with van der Waals surface area (Å²) in [5.74, 6) is -0.125. The third-order valence-corrected chi connectivity index (χ3v) is 0.498. The average molecular weight is 203 g/mol. The minimum atomic E-state index is -0.0625. The van der Waals surface area contributed by atoms with E-state index in [9.17, 15) is 9.59 Å². The molecule has 0 atom stereocenters. The zero-order valence-electron chi connectivity index (χ0n) is 4.86. The molecule has 0 unspecified atom stereocenters. The van der Waals surface area contributed by atoms with Gasteiger partial charge in [-0.15, -0.1) is 0 Å². The number of hydrogen-bond donors (Lipinski definition) is 0. The number of Topliss-reactive ketones (excluding diaryl/α,β-unsaturated/α-hetero) is 2. The van der Waals surface area contributed by atoms with Crippen LogP contribution < -0.4 is 0 Å². The SMILES string of the molecule is CC(=O)CC(C)=O.[Rh+]. The Balaban J connectivity index is 0. The van der Waals surface area contributed by atoms with E-state index in [0.717, 1.165) is 0 Å². The summed E-state index contributed by atoms with van der Waals surface area (Å²) < 4.78 is 0. The standard InChI is InChI=1S/C5H8O2.Rh/c1-4(6)3-5(2)7;/h3H2,1-2H3;/q;+1. The van der Waals surface area contributed by atoms with E-state index in [1.807, 2.05) is 0 Å². The molecular formula is C5H8O2Rh+. The van der Waals surface area contributed by atoms with Crippen molar-refractivity contribution in [1.29, 1.82) is 0 Å². The average Bonchev–Trinajstić information content (AvgIpc) is 1.27. The van der Waals surface area contributed by atoms with Gasteiger partial charge in [-0.2, -0.15) is 0 Å². The summed E-state index contributed by atoms with van der Waals surface area (Å²) in [7, 11) is 0. The third kappa shape index (κ3) is 9.35. The minimum absolute atomic E-state index is 0. The Hall–Kier alpha value is -0.0366. The zero-order chi connectivity index (χ0) is 5.86. The predicted octanol–water partition coefficient (Wildman–Crippen LogP) is 0.552. The summed E-state index contributed by atoms with van der Waals surface area (Å²) in [5.41, 5.74) is 0. The minimum Gasteiger partial charge on any atom is -0.300 e. The van der Waals surface area contributed by atoms with Crippen molar-refractivity contribution in [2.75, 3.05) is 0 Å². The molecule has 0 spiro atoms. The van der Waals surface area contributed by atoms with Gasteiger partial charge in [0.25, 0.3) is 0 Å².